The maximum atomic E-state index is 13.2. The Morgan fingerprint density at radius 3 is 2.70 bits per heavy atom. The van der Waals surface area contributed by atoms with Crippen LogP contribution in [0.3, 0.4) is 0 Å². The summed E-state index contributed by atoms with van der Waals surface area (Å²) in [7, 11) is 0. The van der Waals surface area contributed by atoms with E-state index in [0.717, 1.165) is 17.7 Å². The van der Waals surface area contributed by atoms with Crippen LogP contribution in [-0.4, -0.2) is 11.5 Å². The van der Waals surface area contributed by atoms with Crippen LogP contribution in [-0.2, 0) is 6.42 Å². The zero-order valence-electron chi connectivity index (χ0n) is 11.0. The van der Waals surface area contributed by atoms with Crippen LogP contribution >= 0.6 is 23.2 Å². The van der Waals surface area contributed by atoms with Gasteiger partial charge in [0.25, 0.3) is 0 Å². The molecule has 0 aliphatic rings. The highest BCUT2D eigenvalue weighted by atomic mass is 35.5. The van der Waals surface area contributed by atoms with Crippen molar-refractivity contribution >= 4 is 23.2 Å². The fraction of sp³-hybridized carbons (Fsp3) is 0.267. The van der Waals surface area contributed by atoms with Crippen molar-refractivity contribution in [2.24, 2.45) is 0 Å². The standard InChI is InChI=1S/C15H15Cl2FN2/c1-2-20-15(11-5-6-19-9-13(11)17)8-10-3-4-14(18)12(16)7-10/h3-7,9,15,20H,2,8H2,1H3. The van der Waals surface area contributed by atoms with Gasteiger partial charge in [0.05, 0.1) is 10.0 Å². The maximum Gasteiger partial charge on any atom is 0.141 e. The summed E-state index contributed by atoms with van der Waals surface area (Å²) in [5.74, 6) is -0.405. The fourth-order valence-corrected chi connectivity index (χ4v) is 2.56. The van der Waals surface area contributed by atoms with Crippen LogP contribution < -0.4 is 5.32 Å². The lowest BCUT2D eigenvalue weighted by atomic mass is 9.99. The van der Waals surface area contributed by atoms with Crippen LogP contribution in [0.5, 0.6) is 0 Å². The van der Waals surface area contributed by atoms with E-state index in [-0.39, 0.29) is 11.1 Å². The van der Waals surface area contributed by atoms with E-state index in [1.165, 1.54) is 6.07 Å². The van der Waals surface area contributed by atoms with Crippen molar-refractivity contribution in [3.63, 3.8) is 0 Å². The first-order chi connectivity index (χ1) is 9.61. The number of likely N-dealkylation sites (N-methyl/N-ethyl adjacent to an activating group) is 1. The molecule has 0 radical (unpaired) electrons. The second kappa shape index (κ2) is 7.02. The Morgan fingerprint density at radius 1 is 1.25 bits per heavy atom. The summed E-state index contributed by atoms with van der Waals surface area (Å²) < 4.78 is 13.2. The van der Waals surface area contributed by atoms with Crippen LogP contribution in [0, 0.1) is 5.82 Å². The maximum absolute atomic E-state index is 13.2. The molecule has 20 heavy (non-hydrogen) atoms. The number of nitrogens with zero attached hydrogens (tertiary/aromatic N) is 1. The van der Waals surface area contributed by atoms with Crippen molar-refractivity contribution in [1.82, 2.24) is 10.3 Å². The normalized spacial score (nSPS) is 12.4. The number of benzene rings is 1. The monoisotopic (exact) mass is 312 g/mol. The van der Waals surface area contributed by atoms with E-state index in [1.807, 2.05) is 13.0 Å². The first-order valence-corrected chi connectivity index (χ1v) is 7.14. The number of hydrogen-bond donors (Lipinski definition) is 1. The Balaban J connectivity index is 2.25. The summed E-state index contributed by atoms with van der Waals surface area (Å²) in [6, 6.07) is 6.70. The second-order valence-electron chi connectivity index (χ2n) is 4.46. The zero-order chi connectivity index (χ0) is 14.5. The van der Waals surface area contributed by atoms with Crippen molar-refractivity contribution in [1.29, 1.82) is 0 Å². The Labute approximate surface area is 127 Å². The number of halogens is 3. The topological polar surface area (TPSA) is 24.9 Å². The van der Waals surface area contributed by atoms with E-state index >= 15 is 0 Å². The third kappa shape index (κ3) is 3.69. The third-order valence-electron chi connectivity index (χ3n) is 3.05. The molecule has 1 heterocycles. The molecule has 0 fully saturated rings. The highest BCUT2D eigenvalue weighted by molar-refractivity contribution is 6.31. The van der Waals surface area contributed by atoms with Crippen LogP contribution in [0.4, 0.5) is 4.39 Å². The Hall–Kier alpha value is -1.16. The van der Waals surface area contributed by atoms with Crippen LogP contribution in [0.25, 0.3) is 0 Å². The van der Waals surface area contributed by atoms with E-state index in [9.17, 15) is 4.39 Å². The molecule has 0 spiro atoms. The third-order valence-corrected chi connectivity index (χ3v) is 3.66. The molecule has 0 amide bonds. The number of rotatable bonds is 5. The average Bonchev–Trinajstić information content (AvgIpc) is 2.43. The summed E-state index contributed by atoms with van der Waals surface area (Å²) in [5, 5.41) is 4.13. The van der Waals surface area contributed by atoms with Gasteiger partial charge in [0.1, 0.15) is 5.82 Å². The molecule has 2 nitrogen and oxygen atoms in total. The molecular weight excluding hydrogens is 298 g/mol. The minimum absolute atomic E-state index is 0.0389. The van der Waals surface area contributed by atoms with Crippen LogP contribution in [0.2, 0.25) is 10.0 Å². The summed E-state index contributed by atoms with van der Waals surface area (Å²) in [6.45, 7) is 2.83. The van der Waals surface area contributed by atoms with Crippen molar-refractivity contribution in [3.05, 3.63) is 63.6 Å². The minimum Gasteiger partial charge on any atom is -0.310 e. The Morgan fingerprint density at radius 2 is 2.05 bits per heavy atom. The molecule has 0 bridgehead atoms. The van der Waals surface area contributed by atoms with Gasteiger partial charge in [-0.05, 0) is 42.3 Å². The molecule has 0 saturated heterocycles. The molecule has 0 saturated carbocycles. The lowest BCUT2D eigenvalue weighted by Crippen LogP contribution is -2.23. The van der Waals surface area contributed by atoms with Gasteiger partial charge in [-0.25, -0.2) is 4.39 Å². The number of aromatic nitrogens is 1. The van der Waals surface area contributed by atoms with Gasteiger partial charge in [-0.15, -0.1) is 0 Å². The van der Waals surface area contributed by atoms with Gasteiger partial charge in [0.2, 0.25) is 0 Å². The van der Waals surface area contributed by atoms with Gasteiger partial charge < -0.3 is 5.32 Å². The molecule has 1 N–H and O–H groups in total. The molecular formula is C15H15Cl2FN2. The van der Waals surface area contributed by atoms with Gasteiger partial charge in [-0.1, -0.05) is 36.2 Å². The van der Waals surface area contributed by atoms with Crippen molar-refractivity contribution in [2.75, 3.05) is 6.54 Å². The van der Waals surface area contributed by atoms with E-state index in [0.29, 0.717) is 11.4 Å². The predicted octanol–water partition coefficient (Wildman–Crippen LogP) is 4.42. The summed E-state index contributed by atoms with van der Waals surface area (Å²) in [5.41, 5.74) is 1.93. The molecule has 1 unspecified atom stereocenters. The van der Waals surface area contributed by atoms with Crippen molar-refractivity contribution in [3.8, 4) is 0 Å². The highest BCUT2D eigenvalue weighted by Crippen LogP contribution is 2.26. The first kappa shape index (κ1) is 15.2. The highest BCUT2D eigenvalue weighted by Gasteiger charge is 2.15. The largest absolute Gasteiger partial charge is 0.310 e. The number of nitrogens with one attached hydrogen (secondary N) is 1. The second-order valence-corrected chi connectivity index (χ2v) is 5.27. The molecule has 5 heteroatoms. The zero-order valence-corrected chi connectivity index (χ0v) is 12.5. The van der Waals surface area contributed by atoms with E-state index in [2.05, 4.69) is 10.3 Å². The van der Waals surface area contributed by atoms with E-state index in [1.54, 1.807) is 24.5 Å². The number of hydrogen-bond acceptors (Lipinski definition) is 2. The average molecular weight is 313 g/mol. The quantitative estimate of drug-likeness (QED) is 0.884. The Bertz CT molecular complexity index is 590. The van der Waals surface area contributed by atoms with Gasteiger partial charge in [0, 0.05) is 18.4 Å². The molecule has 2 rings (SSSR count). The molecule has 0 aliphatic heterocycles. The summed E-state index contributed by atoms with van der Waals surface area (Å²) in [6.07, 6.45) is 4.01. The molecule has 1 atom stereocenters. The summed E-state index contributed by atoms with van der Waals surface area (Å²) >= 11 is 12.0. The van der Waals surface area contributed by atoms with Gasteiger partial charge in [-0.2, -0.15) is 0 Å². The SMILES string of the molecule is CCNC(Cc1ccc(F)c(Cl)c1)c1ccncc1Cl. The van der Waals surface area contributed by atoms with Gasteiger partial charge in [-0.3, -0.25) is 4.98 Å². The summed E-state index contributed by atoms with van der Waals surface area (Å²) in [4.78, 5) is 3.99. The van der Waals surface area contributed by atoms with Gasteiger partial charge in [0.15, 0.2) is 0 Å². The van der Waals surface area contributed by atoms with Gasteiger partial charge >= 0.3 is 0 Å². The van der Waals surface area contributed by atoms with E-state index in [4.69, 9.17) is 23.2 Å². The van der Waals surface area contributed by atoms with Crippen LogP contribution in [0.1, 0.15) is 24.1 Å². The molecule has 1 aromatic carbocycles. The predicted molar refractivity (Wildman–Crippen MR) is 80.8 cm³/mol. The van der Waals surface area contributed by atoms with E-state index < -0.39 is 5.82 Å². The molecule has 106 valence electrons. The smallest absolute Gasteiger partial charge is 0.141 e. The Kier molecular flexibility index (Phi) is 5.35. The van der Waals surface area contributed by atoms with Crippen molar-refractivity contribution in [2.45, 2.75) is 19.4 Å². The lowest BCUT2D eigenvalue weighted by molar-refractivity contribution is 0.548. The lowest BCUT2D eigenvalue weighted by Gasteiger charge is -2.19. The fourth-order valence-electron chi connectivity index (χ4n) is 2.11. The first-order valence-electron chi connectivity index (χ1n) is 6.38. The minimum atomic E-state index is -0.405. The molecule has 1 aromatic heterocycles. The van der Waals surface area contributed by atoms with Crippen molar-refractivity contribution < 1.29 is 4.39 Å². The van der Waals surface area contributed by atoms with Crippen LogP contribution in [0.15, 0.2) is 36.7 Å². The number of pyridine rings is 1. The molecule has 2 aromatic rings. The molecule has 0 aliphatic carbocycles.